The molecule has 1 aliphatic heterocycles. The van der Waals surface area contributed by atoms with Gasteiger partial charge in [-0.05, 0) is 6.92 Å². The number of carbonyl (C=O) groups is 1. The van der Waals surface area contributed by atoms with Crippen molar-refractivity contribution in [3.8, 4) is 0 Å². The minimum absolute atomic E-state index is 0.294. The van der Waals surface area contributed by atoms with Crippen molar-refractivity contribution < 1.29 is 14.3 Å². The molecule has 0 radical (unpaired) electrons. The highest BCUT2D eigenvalue weighted by molar-refractivity contribution is 5.80. The minimum atomic E-state index is -0.717. The van der Waals surface area contributed by atoms with E-state index in [0.29, 0.717) is 13.2 Å². The third-order valence-electron chi connectivity index (χ3n) is 2.77. The SMILES string of the molecule is CC1(C(N)=O)COC(c2ccccc2)OC1. The van der Waals surface area contributed by atoms with Crippen LogP contribution < -0.4 is 5.73 Å². The lowest BCUT2D eigenvalue weighted by atomic mass is 9.91. The molecule has 0 unspecified atom stereocenters. The number of hydrogen-bond donors (Lipinski definition) is 1. The molecule has 1 fully saturated rings. The van der Waals surface area contributed by atoms with Crippen LogP contribution in [0.15, 0.2) is 30.3 Å². The van der Waals surface area contributed by atoms with Gasteiger partial charge in [0.15, 0.2) is 6.29 Å². The summed E-state index contributed by atoms with van der Waals surface area (Å²) in [5.74, 6) is -0.390. The van der Waals surface area contributed by atoms with Gasteiger partial charge in [0.05, 0.1) is 18.6 Å². The fourth-order valence-corrected chi connectivity index (χ4v) is 1.55. The predicted octanol–water partition coefficient (Wildman–Crippen LogP) is 1.22. The topological polar surface area (TPSA) is 61.6 Å². The van der Waals surface area contributed by atoms with E-state index < -0.39 is 11.7 Å². The van der Waals surface area contributed by atoms with Gasteiger partial charge in [-0.15, -0.1) is 0 Å². The van der Waals surface area contributed by atoms with Gasteiger partial charge in [0.1, 0.15) is 0 Å². The number of rotatable bonds is 2. The summed E-state index contributed by atoms with van der Waals surface area (Å²) < 4.78 is 11.0. The second-order valence-corrected chi connectivity index (χ2v) is 4.29. The van der Waals surface area contributed by atoms with Gasteiger partial charge >= 0.3 is 0 Å². The molecule has 1 aliphatic rings. The van der Waals surface area contributed by atoms with Crippen molar-refractivity contribution in [1.82, 2.24) is 0 Å². The monoisotopic (exact) mass is 221 g/mol. The Kier molecular flexibility index (Phi) is 2.94. The minimum Gasteiger partial charge on any atom is -0.369 e. The molecule has 0 bridgehead atoms. The summed E-state index contributed by atoms with van der Waals surface area (Å²) >= 11 is 0. The number of primary amides is 1. The molecule has 4 heteroatoms. The molecule has 1 aromatic rings. The van der Waals surface area contributed by atoms with E-state index in [4.69, 9.17) is 15.2 Å². The second kappa shape index (κ2) is 4.23. The highest BCUT2D eigenvalue weighted by Gasteiger charge is 2.38. The van der Waals surface area contributed by atoms with Crippen molar-refractivity contribution in [2.45, 2.75) is 13.2 Å². The average Bonchev–Trinajstić information content (AvgIpc) is 2.31. The van der Waals surface area contributed by atoms with Gasteiger partial charge < -0.3 is 15.2 Å². The Morgan fingerprint density at radius 3 is 2.38 bits per heavy atom. The standard InChI is InChI=1S/C12H15NO3/c1-12(11(13)14)7-15-10(16-8-12)9-5-3-2-4-6-9/h2-6,10H,7-8H2,1H3,(H2,13,14). The maximum absolute atomic E-state index is 11.2. The lowest BCUT2D eigenvalue weighted by Gasteiger charge is -2.35. The van der Waals surface area contributed by atoms with Crippen molar-refractivity contribution in [2.24, 2.45) is 11.1 Å². The van der Waals surface area contributed by atoms with E-state index in [1.54, 1.807) is 6.92 Å². The molecule has 1 amide bonds. The lowest BCUT2D eigenvalue weighted by Crippen LogP contribution is -2.46. The Bertz CT molecular complexity index is 369. The summed E-state index contributed by atoms with van der Waals surface area (Å²) in [5.41, 5.74) is 5.52. The van der Waals surface area contributed by atoms with Gasteiger partial charge in [0.25, 0.3) is 0 Å². The molecule has 1 saturated heterocycles. The summed E-state index contributed by atoms with van der Waals surface area (Å²) in [6.07, 6.45) is -0.395. The molecule has 16 heavy (non-hydrogen) atoms. The van der Waals surface area contributed by atoms with Crippen LogP contribution in [0.5, 0.6) is 0 Å². The maximum Gasteiger partial charge on any atom is 0.228 e. The summed E-state index contributed by atoms with van der Waals surface area (Å²) in [6, 6.07) is 9.63. The first-order valence-electron chi connectivity index (χ1n) is 5.20. The summed E-state index contributed by atoms with van der Waals surface area (Å²) in [5, 5.41) is 0. The molecular weight excluding hydrogens is 206 g/mol. The predicted molar refractivity (Wildman–Crippen MR) is 58.4 cm³/mol. The number of nitrogens with two attached hydrogens (primary N) is 1. The molecule has 2 N–H and O–H groups in total. The molecule has 0 aromatic heterocycles. The first kappa shape index (κ1) is 11.1. The van der Waals surface area contributed by atoms with Crippen LogP contribution in [-0.2, 0) is 14.3 Å². The largest absolute Gasteiger partial charge is 0.369 e. The number of carbonyl (C=O) groups excluding carboxylic acids is 1. The van der Waals surface area contributed by atoms with E-state index >= 15 is 0 Å². The quantitative estimate of drug-likeness (QED) is 0.816. The molecule has 1 heterocycles. The van der Waals surface area contributed by atoms with Crippen LogP contribution >= 0.6 is 0 Å². The van der Waals surface area contributed by atoms with Crippen LogP contribution in [0, 0.1) is 5.41 Å². The summed E-state index contributed by atoms with van der Waals surface area (Å²) in [7, 11) is 0. The van der Waals surface area contributed by atoms with Gasteiger partial charge in [0, 0.05) is 5.56 Å². The highest BCUT2D eigenvalue weighted by Crippen LogP contribution is 2.30. The van der Waals surface area contributed by atoms with Gasteiger partial charge in [0.2, 0.25) is 5.91 Å². The zero-order valence-electron chi connectivity index (χ0n) is 9.18. The first-order chi connectivity index (χ1) is 7.62. The van der Waals surface area contributed by atoms with E-state index in [1.165, 1.54) is 0 Å². The van der Waals surface area contributed by atoms with Gasteiger partial charge in [-0.1, -0.05) is 30.3 Å². The Hall–Kier alpha value is -1.39. The summed E-state index contributed by atoms with van der Waals surface area (Å²) in [4.78, 5) is 11.2. The van der Waals surface area contributed by atoms with Crippen molar-refractivity contribution in [3.05, 3.63) is 35.9 Å². The number of ether oxygens (including phenoxy) is 2. The molecular formula is C12H15NO3. The van der Waals surface area contributed by atoms with Gasteiger partial charge in [-0.3, -0.25) is 4.79 Å². The third-order valence-corrected chi connectivity index (χ3v) is 2.77. The van der Waals surface area contributed by atoms with Crippen LogP contribution in [0.4, 0.5) is 0 Å². The molecule has 2 rings (SSSR count). The third kappa shape index (κ3) is 2.08. The number of benzene rings is 1. The van der Waals surface area contributed by atoms with E-state index in [1.807, 2.05) is 30.3 Å². The van der Waals surface area contributed by atoms with E-state index in [9.17, 15) is 4.79 Å². The number of hydrogen-bond acceptors (Lipinski definition) is 3. The number of amides is 1. The van der Waals surface area contributed by atoms with Crippen molar-refractivity contribution in [1.29, 1.82) is 0 Å². The van der Waals surface area contributed by atoms with E-state index in [2.05, 4.69) is 0 Å². The van der Waals surface area contributed by atoms with Gasteiger partial charge in [-0.2, -0.15) is 0 Å². The molecule has 4 nitrogen and oxygen atoms in total. The summed E-state index contributed by atoms with van der Waals surface area (Å²) in [6.45, 7) is 2.33. The van der Waals surface area contributed by atoms with Crippen LogP contribution in [0.2, 0.25) is 0 Å². The van der Waals surface area contributed by atoms with Crippen LogP contribution in [0.1, 0.15) is 18.8 Å². The molecule has 0 saturated carbocycles. The second-order valence-electron chi connectivity index (χ2n) is 4.29. The molecule has 0 spiro atoms. The van der Waals surface area contributed by atoms with Gasteiger partial charge in [-0.25, -0.2) is 0 Å². The average molecular weight is 221 g/mol. The molecule has 1 aromatic carbocycles. The Balaban J connectivity index is 2.03. The van der Waals surface area contributed by atoms with E-state index in [0.717, 1.165) is 5.56 Å². The van der Waals surface area contributed by atoms with Crippen LogP contribution in [-0.4, -0.2) is 19.1 Å². The Labute approximate surface area is 94.3 Å². The normalized spacial score (nSPS) is 29.9. The molecule has 86 valence electrons. The van der Waals surface area contributed by atoms with Crippen molar-refractivity contribution in [2.75, 3.05) is 13.2 Å². The lowest BCUT2D eigenvalue weighted by molar-refractivity contribution is -0.227. The Morgan fingerprint density at radius 1 is 1.31 bits per heavy atom. The highest BCUT2D eigenvalue weighted by atomic mass is 16.7. The van der Waals surface area contributed by atoms with Crippen molar-refractivity contribution >= 4 is 5.91 Å². The fourth-order valence-electron chi connectivity index (χ4n) is 1.55. The van der Waals surface area contributed by atoms with Crippen LogP contribution in [0.25, 0.3) is 0 Å². The first-order valence-corrected chi connectivity index (χ1v) is 5.20. The van der Waals surface area contributed by atoms with Crippen molar-refractivity contribution in [3.63, 3.8) is 0 Å². The maximum atomic E-state index is 11.2. The van der Waals surface area contributed by atoms with Crippen LogP contribution in [0.3, 0.4) is 0 Å². The smallest absolute Gasteiger partial charge is 0.228 e. The molecule has 0 aliphatic carbocycles. The zero-order chi connectivity index (χ0) is 11.6. The fraction of sp³-hybridized carbons (Fsp3) is 0.417. The molecule has 0 atom stereocenters. The van der Waals surface area contributed by atoms with E-state index in [-0.39, 0.29) is 5.91 Å². The Morgan fingerprint density at radius 2 is 1.88 bits per heavy atom. The zero-order valence-corrected chi connectivity index (χ0v) is 9.18.